The summed E-state index contributed by atoms with van der Waals surface area (Å²) in [6.45, 7) is 2.85. The third kappa shape index (κ3) is 10.2. The number of ether oxygens (including phenoxy) is 2. The summed E-state index contributed by atoms with van der Waals surface area (Å²) in [6, 6.07) is -2.30. The van der Waals surface area contributed by atoms with Crippen molar-refractivity contribution in [2.75, 3.05) is 19.5 Å². The van der Waals surface area contributed by atoms with Crippen LogP contribution in [0, 0.1) is 0 Å². The van der Waals surface area contributed by atoms with Gasteiger partial charge in [-0.05, 0) is 25.1 Å². The first-order chi connectivity index (χ1) is 11.7. The molecule has 0 aromatic rings. The number of rotatable bonds is 10. The van der Waals surface area contributed by atoms with Crippen LogP contribution in [0.15, 0.2) is 0 Å². The lowest BCUT2D eigenvalue weighted by Gasteiger charge is -2.17. The molecule has 0 aliphatic carbocycles. The molecular formula is C14H22N2O8S. The van der Waals surface area contributed by atoms with Gasteiger partial charge < -0.3 is 25.2 Å². The van der Waals surface area contributed by atoms with Crippen LogP contribution in [-0.2, 0) is 28.7 Å². The van der Waals surface area contributed by atoms with Gasteiger partial charge in [0.2, 0.25) is 11.8 Å². The first-order valence-corrected chi connectivity index (χ1v) is 8.36. The zero-order valence-electron chi connectivity index (χ0n) is 14.2. The molecule has 0 heterocycles. The van der Waals surface area contributed by atoms with Gasteiger partial charge in [0, 0.05) is 19.1 Å². The van der Waals surface area contributed by atoms with Crippen molar-refractivity contribution in [2.45, 2.75) is 38.8 Å². The number of nitrogens with one attached hydrogen (secondary N) is 2. The van der Waals surface area contributed by atoms with Crippen LogP contribution in [0.5, 0.6) is 0 Å². The van der Waals surface area contributed by atoms with E-state index in [0.29, 0.717) is 11.8 Å². The number of carboxylic acid groups (broad SMARTS) is 1. The molecule has 0 fully saturated rings. The smallest absolute Gasteiger partial charge is 0.367 e. The number of aliphatic carboxylic acids is 1. The number of methoxy groups -OCH3 is 1. The summed E-state index contributed by atoms with van der Waals surface area (Å²) < 4.78 is 9.26. The van der Waals surface area contributed by atoms with Gasteiger partial charge in [0.15, 0.2) is 0 Å². The van der Waals surface area contributed by atoms with Crippen LogP contribution >= 0.6 is 11.8 Å². The zero-order chi connectivity index (χ0) is 19.4. The molecule has 25 heavy (non-hydrogen) atoms. The number of thioether (sulfide) groups is 1. The van der Waals surface area contributed by atoms with Crippen LogP contribution in [0.3, 0.4) is 0 Å². The van der Waals surface area contributed by atoms with E-state index in [-0.39, 0.29) is 25.2 Å². The van der Waals surface area contributed by atoms with E-state index < -0.39 is 41.1 Å². The molecule has 2 amide bonds. The number of amides is 2. The van der Waals surface area contributed by atoms with E-state index in [2.05, 4.69) is 15.4 Å². The molecule has 0 aliphatic heterocycles. The minimum absolute atomic E-state index is 0.0920. The van der Waals surface area contributed by atoms with Gasteiger partial charge in [-0.3, -0.25) is 9.59 Å². The highest BCUT2D eigenvalue weighted by Crippen LogP contribution is 2.09. The maximum Gasteiger partial charge on any atom is 0.367 e. The summed E-state index contributed by atoms with van der Waals surface area (Å²) in [7, 11) is 1.18. The SMILES string of the molecule is CCOC(=O)[C@H](CSC(=O)OC)NC(=O)CC[C@H](NC(C)=O)C(=O)O. The van der Waals surface area contributed by atoms with Gasteiger partial charge in [0.1, 0.15) is 12.1 Å². The van der Waals surface area contributed by atoms with E-state index in [1.165, 1.54) is 7.11 Å². The second-order valence-corrected chi connectivity index (χ2v) is 5.72. The number of esters is 1. The van der Waals surface area contributed by atoms with E-state index in [9.17, 15) is 24.0 Å². The minimum atomic E-state index is -1.27. The molecule has 11 heteroatoms. The van der Waals surface area contributed by atoms with Crippen LogP contribution < -0.4 is 10.6 Å². The molecule has 0 aromatic carbocycles. The lowest BCUT2D eigenvalue weighted by Crippen LogP contribution is -2.45. The molecule has 0 saturated heterocycles. The van der Waals surface area contributed by atoms with Crippen molar-refractivity contribution >= 4 is 40.8 Å². The highest BCUT2D eigenvalue weighted by atomic mass is 32.2. The molecule has 0 spiro atoms. The second-order valence-electron chi connectivity index (χ2n) is 4.77. The molecule has 3 N–H and O–H groups in total. The van der Waals surface area contributed by atoms with E-state index in [4.69, 9.17) is 9.84 Å². The first kappa shape index (κ1) is 22.7. The average molecular weight is 378 g/mol. The predicted molar refractivity (Wildman–Crippen MR) is 87.9 cm³/mol. The van der Waals surface area contributed by atoms with Crippen molar-refractivity contribution in [3.63, 3.8) is 0 Å². The fourth-order valence-corrected chi connectivity index (χ4v) is 2.31. The van der Waals surface area contributed by atoms with Gasteiger partial charge in [0.25, 0.3) is 0 Å². The van der Waals surface area contributed by atoms with Gasteiger partial charge in [-0.2, -0.15) is 0 Å². The monoisotopic (exact) mass is 378 g/mol. The summed E-state index contributed by atoms with van der Waals surface area (Å²) in [6.07, 6.45) is -0.392. The molecule has 142 valence electrons. The van der Waals surface area contributed by atoms with Crippen molar-refractivity contribution in [2.24, 2.45) is 0 Å². The molecule has 0 saturated carbocycles. The molecule has 0 rings (SSSR count). The average Bonchev–Trinajstić information content (AvgIpc) is 2.54. The van der Waals surface area contributed by atoms with Gasteiger partial charge in [-0.25, -0.2) is 14.4 Å². The molecule has 2 atom stereocenters. The number of hydrogen-bond acceptors (Lipinski definition) is 8. The van der Waals surface area contributed by atoms with Gasteiger partial charge in [0.05, 0.1) is 13.7 Å². The van der Waals surface area contributed by atoms with Gasteiger partial charge in [-0.1, -0.05) is 0 Å². The second kappa shape index (κ2) is 12.1. The van der Waals surface area contributed by atoms with E-state index in [1.807, 2.05) is 0 Å². The van der Waals surface area contributed by atoms with E-state index in [0.717, 1.165) is 6.92 Å². The van der Waals surface area contributed by atoms with Crippen molar-refractivity contribution in [3.8, 4) is 0 Å². The quantitative estimate of drug-likeness (QED) is 0.443. The van der Waals surface area contributed by atoms with Crippen LogP contribution in [0.2, 0.25) is 0 Å². The Morgan fingerprint density at radius 3 is 2.24 bits per heavy atom. The highest BCUT2D eigenvalue weighted by molar-refractivity contribution is 8.13. The Morgan fingerprint density at radius 1 is 1.12 bits per heavy atom. The molecule has 0 bridgehead atoms. The summed E-state index contributed by atoms with van der Waals surface area (Å²) in [5.74, 6) is -3.23. The summed E-state index contributed by atoms with van der Waals surface area (Å²) >= 11 is 0.691. The molecule has 0 aliphatic rings. The Morgan fingerprint density at radius 2 is 1.76 bits per heavy atom. The lowest BCUT2D eigenvalue weighted by molar-refractivity contribution is -0.147. The van der Waals surface area contributed by atoms with Crippen molar-refractivity contribution in [3.05, 3.63) is 0 Å². The maximum absolute atomic E-state index is 11.9. The van der Waals surface area contributed by atoms with Crippen molar-refractivity contribution in [1.82, 2.24) is 10.6 Å². The molecule has 0 aromatic heterocycles. The minimum Gasteiger partial charge on any atom is -0.480 e. The molecular weight excluding hydrogens is 356 g/mol. The standard InChI is InChI=1S/C14H22N2O8S/c1-4-24-13(21)10(7-25-14(22)23-3)16-11(18)6-5-9(12(19)20)15-8(2)17/h9-10H,4-7H2,1-3H3,(H,15,17)(H,16,18)(H,19,20)/t9-,10-/m0/s1. The van der Waals surface area contributed by atoms with Crippen molar-refractivity contribution in [1.29, 1.82) is 0 Å². The third-order valence-corrected chi connectivity index (χ3v) is 3.68. The lowest BCUT2D eigenvalue weighted by atomic mass is 10.1. The van der Waals surface area contributed by atoms with E-state index >= 15 is 0 Å². The Kier molecular flexibility index (Phi) is 11.0. The Labute approximate surface area is 149 Å². The maximum atomic E-state index is 11.9. The summed E-state index contributed by atoms with van der Waals surface area (Å²) in [4.78, 5) is 56.8. The Bertz CT molecular complexity index is 511. The fourth-order valence-electron chi connectivity index (χ4n) is 1.67. The van der Waals surface area contributed by atoms with Crippen LogP contribution in [-0.4, -0.2) is 65.7 Å². The van der Waals surface area contributed by atoms with Crippen LogP contribution in [0.1, 0.15) is 26.7 Å². The zero-order valence-corrected chi connectivity index (χ0v) is 15.0. The fraction of sp³-hybridized carbons (Fsp3) is 0.643. The largest absolute Gasteiger partial charge is 0.480 e. The van der Waals surface area contributed by atoms with Crippen LogP contribution in [0.4, 0.5) is 4.79 Å². The van der Waals surface area contributed by atoms with Gasteiger partial charge in [-0.15, -0.1) is 0 Å². The predicted octanol–water partition coefficient (Wildman–Crippen LogP) is -0.0966. The van der Waals surface area contributed by atoms with E-state index in [1.54, 1.807) is 6.92 Å². The third-order valence-electron chi connectivity index (χ3n) is 2.78. The topological polar surface area (TPSA) is 148 Å². The number of hydrogen-bond donors (Lipinski definition) is 3. The number of carbonyl (C=O) groups excluding carboxylic acids is 4. The number of carbonyl (C=O) groups is 5. The first-order valence-electron chi connectivity index (χ1n) is 7.37. The van der Waals surface area contributed by atoms with Crippen molar-refractivity contribution < 1.29 is 38.6 Å². The molecule has 10 nitrogen and oxygen atoms in total. The van der Waals surface area contributed by atoms with Gasteiger partial charge >= 0.3 is 17.2 Å². The molecule has 0 radical (unpaired) electrons. The highest BCUT2D eigenvalue weighted by Gasteiger charge is 2.25. The normalized spacial score (nSPS) is 12.4. The summed E-state index contributed by atoms with van der Waals surface area (Å²) in [5.41, 5.74) is 0. The molecule has 0 unspecified atom stereocenters. The Balaban J connectivity index is 4.67. The van der Waals surface area contributed by atoms with Crippen LogP contribution in [0.25, 0.3) is 0 Å². The Hall–Kier alpha value is -2.30. The number of carboxylic acids is 1. The summed E-state index contributed by atoms with van der Waals surface area (Å²) in [5, 5.41) is 12.9.